The summed E-state index contributed by atoms with van der Waals surface area (Å²) < 4.78 is 53.2. The summed E-state index contributed by atoms with van der Waals surface area (Å²) in [5, 5.41) is 2.28. The number of para-hydroxylation sites is 1. The summed E-state index contributed by atoms with van der Waals surface area (Å²) in [7, 11) is 0. The first kappa shape index (κ1) is 33.9. The molecule has 0 N–H and O–H groups in total. The molecule has 4 aromatic rings. The van der Waals surface area contributed by atoms with E-state index < -0.39 is 11.7 Å². The number of piperazine rings is 1. The Bertz CT molecular complexity index is 1710. The number of fused-ring (bicyclic) bond motifs is 3. The van der Waals surface area contributed by atoms with Crippen molar-refractivity contribution in [3.8, 4) is 5.75 Å². The van der Waals surface area contributed by atoms with Gasteiger partial charge < -0.3 is 19.3 Å². The van der Waals surface area contributed by atoms with Crippen LogP contribution in [-0.4, -0.2) is 74.8 Å². The maximum atomic E-state index is 13.5. The molecule has 248 valence electrons. The number of carbonyl (C=O) groups is 1. The van der Waals surface area contributed by atoms with E-state index in [4.69, 9.17) is 9.47 Å². The van der Waals surface area contributed by atoms with E-state index in [0.29, 0.717) is 25.4 Å². The van der Waals surface area contributed by atoms with Crippen molar-refractivity contribution in [3.05, 3.63) is 88.0 Å². The van der Waals surface area contributed by atoms with Gasteiger partial charge in [0.2, 0.25) is 0 Å². The fourth-order valence-electron chi connectivity index (χ4n) is 5.96. The minimum absolute atomic E-state index is 0.253. The van der Waals surface area contributed by atoms with Crippen LogP contribution in [0.2, 0.25) is 0 Å². The lowest BCUT2D eigenvalue weighted by Gasteiger charge is -2.36. The molecule has 6 nitrogen and oxygen atoms in total. The summed E-state index contributed by atoms with van der Waals surface area (Å²) in [5.74, 6) is 0.120. The van der Waals surface area contributed by atoms with Crippen molar-refractivity contribution in [1.82, 2.24) is 9.80 Å². The largest absolute Gasteiger partial charge is 0.492 e. The molecule has 47 heavy (non-hydrogen) atoms. The molecule has 0 radical (unpaired) electrons. The molecule has 0 spiro atoms. The van der Waals surface area contributed by atoms with E-state index in [1.54, 1.807) is 6.07 Å². The van der Waals surface area contributed by atoms with Crippen LogP contribution in [-0.2, 0) is 15.7 Å². The van der Waals surface area contributed by atoms with Crippen molar-refractivity contribution < 1.29 is 27.4 Å². The van der Waals surface area contributed by atoms with Crippen LogP contribution >= 0.6 is 34.4 Å². The molecule has 4 aromatic carbocycles. The number of nitrogens with zero attached hydrogens (tertiary/aromatic N) is 3. The summed E-state index contributed by atoms with van der Waals surface area (Å²) in [6, 6.07) is 24.0. The lowest BCUT2D eigenvalue weighted by molar-refractivity contribution is -0.149. The highest BCUT2D eigenvalue weighted by Gasteiger charge is 2.33. The highest BCUT2D eigenvalue weighted by molar-refractivity contribution is 14.1. The Kier molecular flexibility index (Phi) is 10.8. The van der Waals surface area contributed by atoms with Gasteiger partial charge in [-0.25, -0.2) is 0 Å². The van der Waals surface area contributed by atoms with Gasteiger partial charge in [-0.1, -0.05) is 54.2 Å². The van der Waals surface area contributed by atoms with Gasteiger partial charge in [0, 0.05) is 49.1 Å². The van der Waals surface area contributed by atoms with Crippen molar-refractivity contribution in [2.45, 2.75) is 29.3 Å². The minimum Gasteiger partial charge on any atom is -0.492 e. The molecular formula is C36H37F3IN3O3S. The van der Waals surface area contributed by atoms with E-state index in [9.17, 15) is 18.0 Å². The zero-order valence-electron chi connectivity index (χ0n) is 26.1. The van der Waals surface area contributed by atoms with E-state index in [1.807, 2.05) is 60.4 Å². The molecule has 2 heterocycles. The van der Waals surface area contributed by atoms with Gasteiger partial charge in [0.25, 0.3) is 0 Å². The quantitative estimate of drug-likeness (QED) is 0.112. The Balaban J connectivity index is 0.924. The number of hydrogen-bond acceptors (Lipinski definition) is 7. The van der Waals surface area contributed by atoms with E-state index in [2.05, 4.69) is 44.5 Å². The standard InChI is InChI=1S/C36H37F3IN3O3S/c1-25(24-46-31-13-11-26-7-2-3-8-28(26)34(31)40)35(44)45-22-21-42-19-17-41(18-20-42)15-6-16-43-29-9-4-5-10-32(29)47-33-14-12-27(23-30(33)43)36(37,38)39/h2-5,7-14,23,25H,6,15-22,24H2,1H3. The number of hydrogen-bond donors (Lipinski definition) is 0. The zero-order valence-corrected chi connectivity index (χ0v) is 29.1. The minimum atomic E-state index is -4.38. The zero-order chi connectivity index (χ0) is 33.0. The fourth-order valence-corrected chi connectivity index (χ4v) is 7.86. The van der Waals surface area contributed by atoms with Crippen LogP contribution in [0.25, 0.3) is 10.8 Å². The highest BCUT2D eigenvalue weighted by Crippen LogP contribution is 2.49. The second-order valence-corrected chi connectivity index (χ2v) is 14.1. The molecule has 1 fully saturated rings. The van der Waals surface area contributed by atoms with Crippen LogP contribution in [0.5, 0.6) is 5.75 Å². The Hall–Kier alpha value is -3.00. The van der Waals surface area contributed by atoms with Crippen molar-refractivity contribution in [2.24, 2.45) is 5.92 Å². The average molecular weight is 776 g/mol. The van der Waals surface area contributed by atoms with Gasteiger partial charge in [-0.05, 0) is 89.7 Å². The first-order chi connectivity index (χ1) is 22.7. The van der Waals surface area contributed by atoms with Crippen LogP contribution in [0.4, 0.5) is 24.5 Å². The number of alkyl halides is 3. The number of halogens is 4. The molecule has 2 aliphatic rings. The maximum Gasteiger partial charge on any atom is 0.416 e. The van der Waals surface area contributed by atoms with Crippen molar-refractivity contribution in [1.29, 1.82) is 0 Å². The number of anilines is 2. The van der Waals surface area contributed by atoms with Gasteiger partial charge in [-0.3, -0.25) is 9.69 Å². The summed E-state index contributed by atoms with van der Waals surface area (Å²) in [6.07, 6.45) is -3.56. The number of carbonyl (C=O) groups excluding carboxylic acids is 1. The van der Waals surface area contributed by atoms with Crippen molar-refractivity contribution in [3.63, 3.8) is 0 Å². The summed E-state index contributed by atoms with van der Waals surface area (Å²) >= 11 is 3.80. The molecule has 2 aliphatic heterocycles. The van der Waals surface area contributed by atoms with Crippen LogP contribution in [0.3, 0.4) is 0 Å². The first-order valence-corrected chi connectivity index (χ1v) is 17.7. The third-order valence-corrected chi connectivity index (χ3v) is 10.9. The Morgan fingerprint density at radius 2 is 1.57 bits per heavy atom. The molecule has 0 saturated carbocycles. The van der Waals surface area contributed by atoms with Crippen LogP contribution in [0, 0.1) is 9.49 Å². The molecule has 0 amide bonds. The molecule has 1 unspecified atom stereocenters. The number of ether oxygens (including phenoxy) is 2. The van der Waals surface area contributed by atoms with E-state index >= 15 is 0 Å². The normalized spacial score (nSPS) is 16.1. The van der Waals surface area contributed by atoms with Crippen LogP contribution in [0.1, 0.15) is 18.9 Å². The van der Waals surface area contributed by atoms with Gasteiger partial charge in [0.1, 0.15) is 19.0 Å². The van der Waals surface area contributed by atoms with Crippen molar-refractivity contribution in [2.75, 3.05) is 63.9 Å². The lowest BCUT2D eigenvalue weighted by Crippen LogP contribution is -2.47. The average Bonchev–Trinajstić information content (AvgIpc) is 3.07. The van der Waals surface area contributed by atoms with Gasteiger partial charge in [0.15, 0.2) is 0 Å². The van der Waals surface area contributed by atoms with E-state index in [-0.39, 0.29) is 18.5 Å². The summed E-state index contributed by atoms with van der Waals surface area (Å²) in [4.78, 5) is 21.3. The topological polar surface area (TPSA) is 45.3 Å². The van der Waals surface area contributed by atoms with Gasteiger partial charge in [-0.2, -0.15) is 13.2 Å². The molecule has 1 atom stereocenters. The van der Waals surface area contributed by atoms with Crippen molar-refractivity contribution >= 4 is 62.5 Å². The third-order valence-electron chi connectivity index (χ3n) is 8.64. The summed E-state index contributed by atoms with van der Waals surface area (Å²) in [5.41, 5.74) is 0.946. The van der Waals surface area contributed by atoms with E-state index in [0.717, 1.165) is 74.7 Å². The third kappa shape index (κ3) is 8.18. The smallest absolute Gasteiger partial charge is 0.416 e. The number of esters is 1. The lowest BCUT2D eigenvalue weighted by atomic mass is 10.1. The SMILES string of the molecule is CC(COc1ccc2ccccc2c1I)C(=O)OCCN1CCN(CCCN2c3ccccc3Sc3ccc(C(F)(F)F)cc32)CC1. The summed E-state index contributed by atoms with van der Waals surface area (Å²) in [6.45, 7) is 8.11. The van der Waals surface area contributed by atoms with Gasteiger partial charge >= 0.3 is 12.1 Å². The molecule has 0 aliphatic carbocycles. The monoisotopic (exact) mass is 775 g/mol. The van der Waals surface area contributed by atoms with Crippen LogP contribution < -0.4 is 9.64 Å². The second-order valence-electron chi connectivity index (χ2n) is 11.9. The molecule has 0 bridgehead atoms. The number of rotatable bonds is 11. The Morgan fingerprint density at radius 3 is 2.36 bits per heavy atom. The Morgan fingerprint density at radius 1 is 0.872 bits per heavy atom. The predicted octanol–water partition coefficient (Wildman–Crippen LogP) is 8.33. The van der Waals surface area contributed by atoms with Gasteiger partial charge in [0.05, 0.1) is 26.4 Å². The predicted molar refractivity (Wildman–Crippen MR) is 189 cm³/mol. The molecule has 11 heteroatoms. The Labute approximate surface area is 291 Å². The maximum absolute atomic E-state index is 13.5. The van der Waals surface area contributed by atoms with Gasteiger partial charge in [-0.15, -0.1) is 0 Å². The molecule has 0 aromatic heterocycles. The fraction of sp³-hybridized carbons (Fsp3) is 0.361. The molecule has 6 rings (SSSR count). The molecule has 1 saturated heterocycles. The first-order valence-electron chi connectivity index (χ1n) is 15.8. The second kappa shape index (κ2) is 15.0. The van der Waals surface area contributed by atoms with E-state index in [1.165, 1.54) is 23.9 Å². The number of benzene rings is 4. The molecular weight excluding hydrogens is 738 g/mol. The highest BCUT2D eigenvalue weighted by atomic mass is 127. The van der Waals surface area contributed by atoms with Crippen LogP contribution in [0.15, 0.2) is 88.7 Å².